The van der Waals surface area contributed by atoms with Gasteiger partial charge in [-0.25, -0.2) is 0 Å². The lowest BCUT2D eigenvalue weighted by molar-refractivity contribution is 0.146. The normalized spacial score (nSPS) is 14.8. The SMILES string of the molecule is COc1cc2c(=O)c3c4ccc(C#N)cc4[nH]c3n(C3CN(C)C3)c2cc1-c1cccc(S(=O)(=O)F)c1. The summed E-state index contributed by atoms with van der Waals surface area (Å²) < 4.78 is 44.6. The van der Waals surface area contributed by atoms with Crippen LogP contribution in [-0.2, 0) is 10.2 Å². The van der Waals surface area contributed by atoms with E-state index in [-0.39, 0.29) is 11.5 Å². The summed E-state index contributed by atoms with van der Waals surface area (Å²) in [5.74, 6) is 0.362. The molecule has 1 aliphatic heterocycles. The highest BCUT2D eigenvalue weighted by atomic mass is 32.3. The van der Waals surface area contributed by atoms with Crippen LogP contribution in [0.2, 0.25) is 0 Å². The van der Waals surface area contributed by atoms with E-state index in [0.29, 0.717) is 49.9 Å². The van der Waals surface area contributed by atoms with Crippen LogP contribution in [0.15, 0.2) is 64.3 Å². The fraction of sp³-hybridized carbons (Fsp3) is 0.185. The number of aromatic nitrogens is 2. The number of aromatic amines is 1. The third-order valence-corrected chi connectivity index (χ3v) is 7.85. The van der Waals surface area contributed by atoms with Crippen molar-refractivity contribution in [1.29, 1.82) is 5.26 Å². The third-order valence-electron chi connectivity index (χ3n) is 7.03. The van der Waals surface area contributed by atoms with E-state index >= 15 is 0 Å². The van der Waals surface area contributed by atoms with Gasteiger partial charge in [0.05, 0.1) is 46.0 Å². The van der Waals surface area contributed by atoms with Crippen molar-refractivity contribution >= 4 is 43.1 Å². The van der Waals surface area contributed by atoms with Crippen molar-refractivity contribution in [2.45, 2.75) is 10.9 Å². The Hall–Kier alpha value is -4.20. The van der Waals surface area contributed by atoms with Crippen LogP contribution >= 0.6 is 0 Å². The van der Waals surface area contributed by atoms with Crippen molar-refractivity contribution in [1.82, 2.24) is 14.5 Å². The Morgan fingerprint density at radius 1 is 1.11 bits per heavy atom. The van der Waals surface area contributed by atoms with E-state index in [0.717, 1.165) is 18.5 Å². The molecule has 1 fully saturated rings. The molecule has 1 N–H and O–H groups in total. The number of H-pyrrole nitrogens is 1. The summed E-state index contributed by atoms with van der Waals surface area (Å²) in [5.41, 5.74) is 3.26. The molecule has 10 heteroatoms. The van der Waals surface area contributed by atoms with Gasteiger partial charge in [-0.2, -0.15) is 13.7 Å². The van der Waals surface area contributed by atoms with E-state index < -0.39 is 15.1 Å². The van der Waals surface area contributed by atoms with Crippen molar-refractivity contribution < 1.29 is 17.0 Å². The van der Waals surface area contributed by atoms with Gasteiger partial charge in [0.25, 0.3) is 0 Å². The van der Waals surface area contributed by atoms with Gasteiger partial charge >= 0.3 is 10.2 Å². The van der Waals surface area contributed by atoms with Gasteiger partial charge in [-0.1, -0.05) is 18.2 Å². The number of methoxy groups -OCH3 is 1. The van der Waals surface area contributed by atoms with Crippen molar-refractivity contribution in [3.05, 3.63) is 70.4 Å². The van der Waals surface area contributed by atoms with Gasteiger partial charge < -0.3 is 19.2 Å². The van der Waals surface area contributed by atoms with Gasteiger partial charge in [-0.3, -0.25) is 4.79 Å². The Bertz CT molecular complexity index is 1960. The first-order chi connectivity index (χ1) is 17.7. The standard InChI is InChI=1S/C27H21FN4O4S/c1-31-13-17(14-31)32-23-10-20(16-4-3-5-18(9-16)37(28,34)35)24(36-2)11-21(23)26(33)25-19-7-6-15(12-29)8-22(19)30-27(25)32/h3-11,17,30H,13-14H2,1-2H3. The minimum atomic E-state index is -4.90. The zero-order valence-electron chi connectivity index (χ0n) is 19.9. The molecule has 2 aromatic heterocycles. The molecule has 0 bridgehead atoms. The largest absolute Gasteiger partial charge is 0.496 e. The first-order valence-electron chi connectivity index (χ1n) is 11.5. The summed E-state index contributed by atoms with van der Waals surface area (Å²) >= 11 is 0. The number of hydrogen-bond donors (Lipinski definition) is 1. The zero-order valence-corrected chi connectivity index (χ0v) is 20.8. The van der Waals surface area contributed by atoms with Crippen molar-refractivity contribution in [2.75, 3.05) is 27.2 Å². The smallest absolute Gasteiger partial charge is 0.332 e. The molecule has 186 valence electrons. The summed E-state index contributed by atoms with van der Waals surface area (Å²) in [6, 6.07) is 16.4. The molecule has 1 aliphatic rings. The van der Waals surface area contributed by atoms with Crippen LogP contribution in [0.5, 0.6) is 5.75 Å². The number of hydrogen-bond acceptors (Lipinski definition) is 6. The van der Waals surface area contributed by atoms with Gasteiger partial charge in [0.15, 0.2) is 5.43 Å². The maximum Gasteiger partial charge on any atom is 0.332 e. The molecule has 8 nitrogen and oxygen atoms in total. The first-order valence-corrected chi connectivity index (χ1v) is 12.9. The van der Waals surface area contributed by atoms with Gasteiger partial charge in [-0.15, -0.1) is 3.89 Å². The van der Waals surface area contributed by atoms with Crippen LogP contribution in [-0.4, -0.2) is 50.1 Å². The summed E-state index contributed by atoms with van der Waals surface area (Å²) in [6.45, 7) is 1.53. The van der Waals surface area contributed by atoms with E-state index in [2.05, 4.69) is 20.5 Å². The van der Waals surface area contributed by atoms with Crippen LogP contribution in [0.3, 0.4) is 0 Å². The average Bonchev–Trinajstić information content (AvgIpc) is 3.25. The number of nitrogens with zero attached hydrogens (tertiary/aromatic N) is 3. The van der Waals surface area contributed by atoms with Gasteiger partial charge in [0, 0.05) is 29.6 Å². The Balaban J connectivity index is 1.73. The second-order valence-electron chi connectivity index (χ2n) is 9.33. The fourth-order valence-corrected chi connectivity index (χ4v) is 5.80. The topological polar surface area (TPSA) is 108 Å². The van der Waals surface area contributed by atoms with Gasteiger partial charge in [0.2, 0.25) is 0 Å². The molecule has 5 aromatic rings. The lowest BCUT2D eigenvalue weighted by Crippen LogP contribution is -2.45. The van der Waals surface area contributed by atoms with Crippen LogP contribution in [0.25, 0.3) is 44.0 Å². The van der Waals surface area contributed by atoms with Crippen LogP contribution in [0.1, 0.15) is 11.6 Å². The molecular weight excluding hydrogens is 495 g/mol. The number of benzene rings is 3. The first kappa shape index (κ1) is 23.2. The molecule has 0 unspecified atom stereocenters. The fourth-order valence-electron chi connectivity index (χ4n) is 5.29. The van der Waals surface area contributed by atoms with E-state index in [1.165, 1.54) is 25.3 Å². The molecule has 3 heterocycles. The number of pyridine rings is 1. The molecule has 37 heavy (non-hydrogen) atoms. The lowest BCUT2D eigenvalue weighted by Gasteiger charge is -2.39. The quantitative estimate of drug-likeness (QED) is 0.356. The Labute approximate surface area is 211 Å². The number of rotatable bonds is 4. The van der Waals surface area contributed by atoms with E-state index in [9.17, 15) is 22.4 Å². The second-order valence-corrected chi connectivity index (χ2v) is 10.7. The number of fused-ring (bicyclic) bond motifs is 4. The highest BCUT2D eigenvalue weighted by Gasteiger charge is 2.29. The Morgan fingerprint density at radius 3 is 2.57 bits per heavy atom. The second kappa shape index (κ2) is 8.16. The number of halogens is 1. The summed E-state index contributed by atoms with van der Waals surface area (Å²) in [7, 11) is -1.42. The third kappa shape index (κ3) is 3.58. The van der Waals surface area contributed by atoms with Crippen LogP contribution in [0, 0.1) is 11.3 Å². The molecule has 0 saturated carbocycles. The monoisotopic (exact) mass is 516 g/mol. The van der Waals surface area contributed by atoms with Crippen molar-refractivity contribution in [2.24, 2.45) is 0 Å². The molecule has 0 atom stereocenters. The van der Waals surface area contributed by atoms with Crippen molar-refractivity contribution in [3.63, 3.8) is 0 Å². The molecule has 6 rings (SSSR count). The molecule has 0 aliphatic carbocycles. The number of nitrogens with one attached hydrogen (secondary N) is 1. The van der Waals surface area contributed by atoms with Crippen LogP contribution < -0.4 is 10.2 Å². The van der Waals surface area contributed by atoms with E-state index in [1.807, 2.05) is 7.05 Å². The lowest BCUT2D eigenvalue weighted by atomic mass is 9.99. The molecule has 0 radical (unpaired) electrons. The number of likely N-dealkylation sites (N-methyl/N-ethyl adjacent to an activating group) is 1. The maximum absolute atomic E-state index is 13.9. The van der Waals surface area contributed by atoms with E-state index in [1.54, 1.807) is 36.4 Å². The summed E-state index contributed by atoms with van der Waals surface area (Å²) in [5, 5.41) is 11.1. The van der Waals surface area contributed by atoms with Gasteiger partial charge in [-0.05, 0) is 49.0 Å². The Kier molecular flexibility index (Phi) is 5.12. The minimum absolute atomic E-state index is 0.0675. The molecule has 0 amide bonds. The molecular formula is C27H21FN4O4S. The molecule has 1 saturated heterocycles. The Morgan fingerprint density at radius 2 is 1.89 bits per heavy atom. The number of ether oxygens (including phenoxy) is 1. The van der Waals surface area contributed by atoms with E-state index in [4.69, 9.17) is 4.74 Å². The predicted octanol–water partition coefficient (Wildman–Crippen LogP) is 4.33. The van der Waals surface area contributed by atoms with Gasteiger partial charge in [0.1, 0.15) is 11.4 Å². The number of nitriles is 1. The molecule has 0 spiro atoms. The molecule has 3 aromatic carbocycles. The maximum atomic E-state index is 13.9. The summed E-state index contributed by atoms with van der Waals surface area (Å²) in [6.07, 6.45) is 0. The number of likely N-dealkylation sites (tertiary alicyclic amines) is 1. The highest BCUT2D eigenvalue weighted by molar-refractivity contribution is 7.86. The predicted molar refractivity (Wildman–Crippen MR) is 139 cm³/mol. The van der Waals surface area contributed by atoms with Crippen LogP contribution in [0.4, 0.5) is 3.89 Å². The zero-order chi connectivity index (χ0) is 26.1. The highest BCUT2D eigenvalue weighted by Crippen LogP contribution is 2.38. The average molecular weight is 517 g/mol. The summed E-state index contributed by atoms with van der Waals surface area (Å²) in [4.78, 5) is 18.9. The minimum Gasteiger partial charge on any atom is -0.496 e. The van der Waals surface area contributed by atoms with Crippen molar-refractivity contribution in [3.8, 4) is 22.9 Å².